The molecule has 1 aromatic rings. The highest BCUT2D eigenvalue weighted by atomic mass is 15.2. The highest BCUT2D eigenvalue weighted by Gasteiger charge is 2.17. The summed E-state index contributed by atoms with van der Waals surface area (Å²) in [7, 11) is 0. The second kappa shape index (κ2) is 4.23. The van der Waals surface area contributed by atoms with Crippen LogP contribution in [0.5, 0.6) is 0 Å². The third kappa shape index (κ3) is 2.15. The van der Waals surface area contributed by atoms with E-state index in [-0.39, 0.29) is 0 Å². The van der Waals surface area contributed by atoms with Crippen molar-refractivity contribution in [1.29, 1.82) is 0 Å². The predicted octanol–water partition coefficient (Wildman–Crippen LogP) is 2.10. The van der Waals surface area contributed by atoms with Crippen molar-refractivity contribution in [3.8, 4) is 0 Å². The van der Waals surface area contributed by atoms with Crippen molar-refractivity contribution in [2.75, 3.05) is 24.5 Å². The summed E-state index contributed by atoms with van der Waals surface area (Å²) in [6, 6.07) is 7.17. The van der Waals surface area contributed by atoms with E-state index in [1.54, 1.807) is 0 Å². The van der Waals surface area contributed by atoms with Crippen LogP contribution in [-0.2, 0) is 0 Å². The zero-order valence-electron chi connectivity index (χ0n) is 9.88. The quantitative estimate of drug-likeness (QED) is 0.753. The Labute approximate surface area is 92.3 Å². The predicted molar refractivity (Wildman–Crippen MR) is 65.6 cm³/mol. The molecule has 0 spiro atoms. The van der Waals surface area contributed by atoms with E-state index in [0.717, 1.165) is 19.6 Å². The van der Waals surface area contributed by atoms with Gasteiger partial charge in [-0.05, 0) is 38.0 Å². The standard InChI is InChI=1S/C13H20N2/c1-10-5-4-6-13(12(10)3)15-8-7-14-11(2)9-15/h4-6,11,14H,7-9H2,1-3H3/t11-/m1/s1. The van der Waals surface area contributed by atoms with Gasteiger partial charge in [0.2, 0.25) is 0 Å². The van der Waals surface area contributed by atoms with Crippen LogP contribution in [0.1, 0.15) is 18.1 Å². The Morgan fingerprint density at radius 2 is 2.13 bits per heavy atom. The second-order valence-corrected chi connectivity index (χ2v) is 4.52. The number of benzene rings is 1. The Kier molecular flexibility index (Phi) is 2.96. The van der Waals surface area contributed by atoms with Gasteiger partial charge in [-0.15, -0.1) is 0 Å². The summed E-state index contributed by atoms with van der Waals surface area (Å²) in [4.78, 5) is 2.49. The molecule has 0 saturated carbocycles. The van der Waals surface area contributed by atoms with E-state index in [1.165, 1.54) is 16.8 Å². The van der Waals surface area contributed by atoms with E-state index in [9.17, 15) is 0 Å². The van der Waals surface area contributed by atoms with E-state index in [4.69, 9.17) is 0 Å². The van der Waals surface area contributed by atoms with Crippen LogP contribution in [0.4, 0.5) is 5.69 Å². The number of hydrogen-bond acceptors (Lipinski definition) is 2. The minimum absolute atomic E-state index is 0.596. The molecule has 0 bridgehead atoms. The van der Waals surface area contributed by atoms with Gasteiger partial charge in [0, 0.05) is 31.4 Å². The highest BCUT2D eigenvalue weighted by molar-refractivity contribution is 5.56. The molecule has 0 unspecified atom stereocenters. The lowest BCUT2D eigenvalue weighted by molar-refractivity contribution is 0.484. The lowest BCUT2D eigenvalue weighted by Gasteiger charge is -2.34. The summed E-state index contributed by atoms with van der Waals surface area (Å²) in [5.41, 5.74) is 4.22. The average molecular weight is 204 g/mol. The van der Waals surface area contributed by atoms with Crippen molar-refractivity contribution in [2.45, 2.75) is 26.8 Å². The number of piperazine rings is 1. The number of nitrogens with zero attached hydrogens (tertiary/aromatic N) is 1. The van der Waals surface area contributed by atoms with E-state index in [2.05, 4.69) is 49.2 Å². The van der Waals surface area contributed by atoms with Gasteiger partial charge in [-0.25, -0.2) is 0 Å². The lowest BCUT2D eigenvalue weighted by Crippen LogP contribution is -2.49. The topological polar surface area (TPSA) is 15.3 Å². The minimum Gasteiger partial charge on any atom is -0.368 e. The van der Waals surface area contributed by atoms with Crippen LogP contribution in [0, 0.1) is 13.8 Å². The van der Waals surface area contributed by atoms with Gasteiger partial charge in [0.15, 0.2) is 0 Å². The van der Waals surface area contributed by atoms with Crippen molar-refractivity contribution in [3.63, 3.8) is 0 Å². The number of rotatable bonds is 1. The molecule has 1 aliphatic heterocycles. The molecule has 1 fully saturated rings. The molecular weight excluding hydrogens is 184 g/mol. The Morgan fingerprint density at radius 3 is 2.87 bits per heavy atom. The fraction of sp³-hybridized carbons (Fsp3) is 0.538. The van der Waals surface area contributed by atoms with E-state index in [0.29, 0.717) is 6.04 Å². The maximum absolute atomic E-state index is 3.47. The van der Waals surface area contributed by atoms with Gasteiger partial charge in [0.25, 0.3) is 0 Å². The van der Waals surface area contributed by atoms with Crippen molar-refractivity contribution in [2.24, 2.45) is 0 Å². The fourth-order valence-electron chi connectivity index (χ4n) is 2.23. The average Bonchev–Trinajstić information content (AvgIpc) is 2.22. The van der Waals surface area contributed by atoms with Gasteiger partial charge < -0.3 is 10.2 Å². The minimum atomic E-state index is 0.596. The molecule has 1 aliphatic rings. The molecule has 2 rings (SSSR count). The summed E-state index contributed by atoms with van der Waals surface area (Å²) < 4.78 is 0. The van der Waals surface area contributed by atoms with Gasteiger partial charge >= 0.3 is 0 Å². The molecule has 0 aliphatic carbocycles. The molecule has 0 radical (unpaired) electrons. The Hall–Kier alpha value is -1.02. The van der Waals surface area contributed by atoms with E-state index >= 15 is 0 Å². The molecule has 0 amide bonds. The van der Waals surface area contributed by atoms with Crippen molar-refractivity contribution in [3.05, 3.63) is 29.3 Å². The van der Waals surface area contributed by atoms with Gasteiger partial charge in [-0.2, -0.15) is 0 Å². The van der Waals surface area contributed by atoms with E-state index < -0.39 is 0 Å². The van der Waals surface area contributed by atoms with Crippen LogP contribution in [0.15, 0.2) is 18.2 Å². The van der Waals surface area contributed by atoms with Crippen molar-refractivity contribution < 1.29 is 0 Å². The van der Waals surface area contributed by atoms with E-state index in [1.807, 2.05) is 0 Å². The first kappa shape index (κ1) is 10.5. The van der Waals surface area contributed by atoms with Crippen LogP contribution < -0.4 is 10.2 Å². The third-order valence-electron chi connectivity index (χ3n) is 3.29. The maximum Gasteiger partial charge on any atom is 0.0399 e. The molecular formula is C13H20N2. The molecule has 1 N–H and O–H groups in total. The first-order valence-electron chi connectivity index (χ1n) is 5.73. The Balaban J connectivity index is 2.24. The first-order chi connectivity index (χ1) is 7.18. The van der Waals surface area contributed by atoms with Crippen LogP contribution in [0.3, 0.4) is 0 Å². The Bertz CT molecular complexity index is 346. The zero-order valence-corrected chi connectivity index (χ0v) is 9.88. The normalized spacial score (nSPS) is 21.8. The van der Waals surface area contributed by atoms with Gasteiger partial charge in [-0.1, -0.05) is 12.1 Å². The second-order valence-electron chi connectivity index (χ2n) is 4.52. The smallest absolute Gasteiger partial charge is 0.0399 e. The number of aryl methyl sites for hydroxylation is 1. The highest BCUT2D eigenvalue weighted by Crippen LogP contribution is 2.23. The number of hydrogen-bond donors (Lipinski definition) is 1. The molecule has 2 heteroatoms. The zero-order chi connectivity index (χ0) is 10.8. The molecule has 1 aromatic carbocycles. The largest absolute Gasteiger partial charge is 0.368 e. The molecule has 0 aromatic heterocycles. The summed E-state index contributed by atoms with van der Waals surface area (Å²) in [6.45, 7) is 9.98. The molecule has 1 saturated heterocycles. The van der Waals surface area contributed by atoms with Crippen LogP contribution in [-0.4, -0.2) is 25.7 Å². The fourth-order valence-corrected chi connectivity index (χ4v) is 2.23. The monoisotopic (exact) mass is 204 g/mol. The van der Waals surface area contributed by atoms with Crippen LogP contribution >= 0.6 is 0 Å². The molecule has 82 valence electrons. The van der Waals surface area contributed by atoms with Crippen LogP contribution in [0.2, 0.25) is 0 Å². The molecule has 1 heterocycles. The van der Waals surface area contributed by atoms with Gasteiger partial charge in [0.05, 0.1) is 0 Å². The summed E-state index contributed by atoms with van der Waals surface area (Å²) >= 11 is 0. The van der Waals surface area contributed by atoms with Gasteiger partial charge in [0.1, 0.15) is 0 Å². The first-order valence-corrected chi connectivity index (χ1v) is 5.73. The number of nitrogens with one attached hydrogen (secondary N) is 1. The maximum atomic E-state index is 3.47. The van der Waals surface area contributed by atoms with Crippen LogP contribution in [0.25, 0.3) is 0 Å². The third-order valence-corrected chi connectivity index (χ3v) is 3.29. The van der Waals surface area contributed by atoms with Gasteiger partial charge in [-0.3, -0.25) is 0 Å². The summed E-state index contributed by atoms with van der Waals surface area (Å²) in [5.74, 6) is 0. The summed E-state index contributed by atoms with van der Waals surface area (Å²) in [6.07, 6.45) is 0. The molecule has 15 heavy (non-hydrogen) atoms. The molecule has 1 atom stereocenters. The number of anilines is 1. The lowest BCUT2D eigenvalue weighted by atomic mass is 10.1. The van der Waals surface area contributed by atoms with Crippen molar-refractivity contribution in [1.82, 2.24) is 5.32 Å². The van der Waals surface area contributed by atoms with Crippen molar-refractivity contribution >= 4 is 5.69 Å². The summed E-state index contributed by atoms with van der Waals surface area (Å²) in [5, 5.41) is 3.47. The Morgan fingerprint density at radius 1 is 1.33 bits per heavy atom. The molecule has 2 nitrogen and oxygen atoms in total. The SMILES string of the molecule is Cc1cccc(N2CCN[C@H](C)C2)c1C.